The number of hydrogen-bond donors (Lipinski definition) is 1. The molecule has 0 spiro atoms. The lowest BCUT2D eigenvalue weighted by atomic mass is 9.88. The molecule has 1 aliphatic rings. The van der Waals surface area contributed by atoms with Crippen molar-refractivity contribution in [1.29, 1.82) is 0 Å². The van der Waals surface area contributed by atoms with Gasteiger partial charge in [0.15, 0.2) is 0 Å². The Morgan fingerprint density at radius 2 is 2.06 bits per heavy atom. The molecule has 0 aliphatic carbocycles. The molecule has 0 saturated heterocycles. The fourth-order valence-electron chi connectivity index (χ4n) is 4.88. The molecule has 0 amide bonds. The number of carbonyl (C=O) groups is 1. The average Bonchev–Trinajstić information content (AvgIpc) is 3.22. The van der Waals surface area contributed by atoms with Crippen LogP contribution in [0.3, 0.4) is 0 Å². The SMILES string of the molecule is COC(=O)C(C)CN1CCc2c([nH]c3ccccc23)C1c1c(F)ccc(OCCOSC)c1C. The second kappa shape index (κ2) is 10.8. The van der Waals surface area contributed by atoms with E-state index >= 15 is 4.39 Å². The molecule has 182 valence electrons. The number of halogens is 1. The van der Waals surface area contributed by atoms with Gasteiger partial charge in [-0.2, -0.15) is 0 Å². The first-order valence-corrected chi connectivity index (χ1v) is 12.6. The second-order valence-corrected chi connectivity index (χ2v) is 9.12. The lowest BCUT2D eigenvalue weighted by molar-refractivity contribution is -0.145. The lowest BCUT2D eigenvalue weighted by Crippen LogP contribution is -2.41. The predicted molar refractivity (Wildman–Crippen MR) is 133 cm³/mol. The van der Waals surface area contributed by atoms with Gasteiger partial charge in [-0.05, 0) is 54.7 Å². The average molecular weight is 487 g/mol. The summed E-state index contributed by atoms with van der Waals surface area (Å²) in [5, 5.41) is 1.16. The van der Waals surface area contributed by atoms with Crippen molar-refractivity contribution >= 4 is 28.9 Å². The normalized spacial score (nSPS) is 16.9. The van der Waals surface area contributed by atoms with E-state index in [0.29, 0.717) is 37.6 Å². The summed E-state index contributed by atoms with van der Waals surface area (Å²) in [6, 6.07) is 10.9. The van der Waals surface area contributed by atoms with Crippen LogP contribution in [-0.4, -0.2) is 55.5 Å². The van der Waals surface area contributed by atoms with Gasteiger partial charge in [-0.1, -0.05) is 25.1 Å². The number of carbonyl (C=O) groups excluding carboxylic acids is 1. The van der Waals surface area contributed by atoms with Crippen molar-refractivity contribution in [2.75, 3.05) is 39.7 Å². The van der Waals surface area contributed by atoms with E-state index in [4.69, 9.17) is 13.7 Å². The third kappa shape index (κ3) is 4.80. The van der Waals surface area contributed by atoms with E-state index in [1.165, 1.54) is 30.8 Å². The summed E-state index contributed by atoms with van der Waals surface area (Å²) in [5.74, 6) is -0.281. The third-order valence-corrected chi connectivity index (χ3v) is 6.88. The third-order valence-electron chi connectivity index (χ3n) is 6.47. The van der Waals surface area contributed by atoms with Gasteiger partial charge >= 0.3 is 5.97 Å². The number of aromatic amines is 1. The van der Waals surface area contributed by atoms with Crippen molar-refractivity contribution in [2.45, 2.75) is 26.3 Å². The first-order chi connectivity index (χ1) is 16.5. The molecule has 2 heterocycles. The zero-order valence-electron chi connectivity index (χ0n) is 20.0. The largest absolute Gasteiger partial charge is 0.491 e. The van der Waals surface area contributed by atoms with E-state index in [0.717, 1.165) is 28.6 Å². The van der Waals surface area contributed by atoms with Crippen LogP contribution in [-0.2, 0) is 20.1 Å². The van der Waals surface area contributed by atoms with E-state index in [2.05, 4.69) is 16.0 Å². The summed E-state index contributed by atoms with van der Waals surface area (Å²) >= 11 is 1.28. The highest BCUT2D eigenvalue weighted by atomic mass is 32.2. The highest BCUT2D eigenvalue weighted by Gasteiger charge is 2.36. The van der Waals surface area contributed by atoms with Crippen LogP contribution >= 0.6 is 12.0 Å². The summed E-state index contributed by atoms with van der Waals surface area (Å²) in [7, 11) is 1.40. The number of aromatic nitrogens is 1. The minimum Gasteiger partial charge on any atom is -0.491 e. The standard InChI is InChI=1S/C26H31FN2O4S/c1-16(26(30)31-3)15-29-12-11-19-18-7-5-6-8-21(18)28-24(19)25(29)23-17(2)22(10-9-20(23)27)32-13-14-33-34-4/h5-10,16,25,28H,11-15H2,1-4H3. The minimum atomic E-state index is -0.380. The van der Waals surface area contributed by atoms with Gasteiger partial charge in [0, 0.05) is 41.5 Å². The van der Waals surface area contributed by atoms with Crippen LogP contribution in [0.1, 0.15) is 35.3 Å². The first-order valence-electron chi connectivity index (χ1n) is 11.4. The molecule has 4 rings (SSSR count). The van der Waals surface area contributed by atoms with E-state index in [1.807, 2.05) is 38.3 Å². The predicted octanol–water partition coefficient (Wildman–Crippen LogP) is 5.05. The Morgan fingerprint density at radius 3 is 2.82 bits per heavy atom. The van der Waals surface area contributed by atoms with Crippen LogP contribution in [0, 0.1) is 18.7 Å². The number of fused-ring (bicyclic) bond motifs is 3. The number of methoxy groups -OCH3 is 1. The number of benzene rings is 2. The molecule has 2 aromatic carbocycles. The number of para-hydroxylation sites is 1. The number of H-pyrrole nitrogens is 1. The van der Waals surface area contributed by atoms with Crippen LogP contribution in [0.25, 0.3) is 10.9 Å². The van der Waals surface area contributed by atoms with Gasteiger partial charge in [0.2, 0.25) is 0 Å². The zero-order valence-corrected chi connectivity index (χ0v) is 20.8. The number of esters is 1. The monoisotopic (exact) mass is 486 g/mol. The van der Waals surface area contributed by atoms with E-state index in [-0.39, 0.29) is 23.7 Å². The molecule has 0 saturated carbocycles. The van der Waals surface area contributed by atoms with Gasteiger partial charge in [-0.3, -0.25) is 9.69 Å². The van der Waals surface area contributed by atoms with Gasteiger partial charge in [0.1, 0.15) is 18.2 Å². The molecule has 6 nitrogen and oxygen atoms in total. The fraction of sp³-hybridized carbons (Fsp3) is 0.423. The first kappa shape index (κ1) is 24.6. The molecule has 34 heavy (non-hydrogen) atoms. The molecule has 0 bridgehead atoms. The number of hydrogen-bond acceptors (Lipinski definition) is 6. The number of nitrogens with one attached hydrogen (secondary N) is 1. The molecule has 3 aromatic rings. The number of rotatable bonds is 9. The molecule has 2 unspecified atom stereocenters. The Balaban J connectivity index is 1.79. The maximum atomic E-state index is 15.5. The summed E-state index contributed by atoms with van der Waals surface area (Å²) in [4.78, 5) is 17.9. The van der Waals surface area contributed by atoms with Crippen molar-refractivity contribution in [2.24, 2.45) is 5.92 Å². The quantitative estimate of drug-likeness (QED) is 0.260. The molecule has 1 aliphatic heterocycles. The van der Waals surface area contributed by atoms with Crippen LogP contribution < -0.4 is 4.74 Å². The van der Waals surface area contributed by atoms with Gasteiger partial charge in [-0.15, -0.1) is 0 Å². The second-order valence-electron chi connectivity index (χ2n) is 8.56. The molecular weight excluding hydrogens is 455 g/mol. The van der Waals surface area contributed by atoms with Gasteiger partial charge in [0.05, 0.1) is 25.7 Å². The summed E-state index contributed by atoms with van der Waals surface area (Å²) in [6.07, 6.45) is 2.67. The molecule has 1 aromatic heterocycles. The van der Waals surface area contributed by atoms with Gasteiger partial charge in [0.25, 0.3) is 0 Å². The van der Waals surface area contributed by atoms with Gasteiger partial charge < -0.3 is 18.6 Å². The van der Waals surface area contributed by atoms with Crippen molar-refractivity contribution < 1.29 is 22.8 Å². The summed E-state index contributed by atoms with van der Waals surface area (Å²) in [6.45, 7) is 5.70. The summed E-state index contributed by atoms with van der Waals surface area (Å²) in [5.41, 5.74) is 4.50. The van der Waals surface area contributed by atoms with Crippen molar-refractivity contribution in [3.8, 4) is 5.75 Å². The Hall–Kier alpha value is -2.55. The van der Waals surface area contributed by atoms with Crippen LogP contribution in [0.4, 0.5) is 4.39 Å². The van der Waals surface area contributed by atoms with Crippen LogP contribution in [0.2, 0.25) is 0 Å². The summed E-state index contributed by atoms with van der Waals surface area (Å²) < 4.78 is 31.7. The van der Waals surface area contributed by atoms with Gasteiger partial charge in [-0.25, -0.2) is 4.39 Å². The maximum absolute atomic E-state index is 15.5. The number of nitrogens with zero attached hydrogens (tertiary/aromatic N) is 1. The topological polar surface area (TPSA) is 63.8 Å². The molecule has 0 fully saturated rings. The molecule has 8 heteroatoms. The van der Waals surface area contributed by atoms with Crippen LogP contribution in [0.5, 0.6) is 5.75 Å². The molecule has 2 atom stereocenters. The van der Waals surface area contributed by atoms with Crippen LogP contribution in [0.15, 0.2) is 36.4 Å². The maximum Gasteiger partial charge on any atom is 0.309 e. The van der Waals surface area contributed by atoms with E-state index in [9.17, 15) is 4.79 Å². The van der Waals surface area contributed by atoms with Crippen molar-refractivity contribution in [3.63, 3.8) is 0 Å². The Bertz CT molecular complexity index is 1170. The lowest BCUT2D eigenvalue weighted by Gasteiger charge is -2.38. The highest BCUT2D eigenvalue weighted by molar-refractivity contribution is 7.93. The van der Waals surface area contributed by atoms with Crippen molar-refractivity contribution in [1.82, 2.24) is 9.88 Å². The fourth-order valence-corrected chi connectivity index (χ4v) is 5.11. The molecular formula is C26H31FN2O4S. The van der Waals surface area contributed by atoms with Crippen molar-refractivity contribution in [3.05, 3.63) is 64.6 Å². The Labute approximate surface area is 204 Å². The molecule has 0 radical (unpaired) electrons. The highest BCUT2D eigenvalue weighted by Crippen LogP contribution is 2.42. The Kier molecular flexibility index (Phi) is 7.80. The van der Waals surface area contributed by atoms with E-state index < -0.39 is 0 Å². The smallest absolute Gasteiger partial charge is 0.309 e. The minimum absolute atomic E-state index is 0.274. The molecule has 1 N–H and O–H groups in total. The van der Waals surface area contributed by atoms with E-state index in [1.54, 1.807) is 6.07 Å². The number of ether oxygens (including phenoxy) is 2. The zero-order chi connectivity index (χ0) is 24.2. The Morgan fingerprint density at radius 1 is 1.26 bits per heavy atom.